The molecule has 0 aliphatic heterocycles. The standard InChI is InChI=1S/C9H7F3O3/c1-14-7(6-3-2-4-15-6)5-9(11,12)8(10)13/h2-5H,1H3. The van der Waals surface area contributed by atoms with Gasteiger partial charge in [0.15, 0.2) is 11.5 Å². The molecule has 0 saturated carbocycles. The molecular formula is C9H7F3O3. The van der Waals surface area contributed by atoms with Crippen LogP contribution in [0.3, 0.4) is 0 Å². The molecule has 3 nitrogen and oxygen atoms in total. The minimum atomic E-state index is -4.21. The van der Waals surface area contributed by atoms with E-state index in [0.29, 0.717) is 0 Å². The Morgan fingerprint density at radius 3 is 2.67 bits per heavy atom. The van der Waals surface area contributed by atoms with Gasteiger partial charge in [0, 0.05) is 6.08 Å². The minimum Gasteiger partial charge on any atom is -0.493 e. The molecule has 0 saturated heterocycles. The predicted octanol–water partition coefficient (Wildman–Crippen LogP) is 2.40. The molecular weight excluding hydrogens is 213 g/mol. The number of rotatable bonds is 4. The Labute approximate surface area is 83.1 Å². The quantitative estimate of drug-likeness (QED) is 0.577. The van der Waals surface area contributed by atoms with Gasteiger partial charge in [-0.1, -0.05) is 0 Å². The van der Waals surface area contributed by atoms with Crippen molar-refractivity contribution in [2.75, 3.05) is 7.11 Å². The van der Waals surface area contributed by atoms with Crippen LogP contribution < -0.4 is 0 Å². The lowest BCUT2D eigenvalue weighted by atomic mass is 10.2. The summed E-state index contributed by atoms with van der Waals surface area (Å²) in [5.41, 5.74) is 0. The molecule has 0 fully saturated rings. The third kappa shape index (κ3) is 2.61. The topological polar surface area (TPSA) is 39.4 Å². The highest BCUT2D eigenvalue weighted by atomic mass is 19.3. The first-order chi connectivity index (χ1) is 6.97. The maximum Gasteiger partial charge on any atom is 0.374 e. The van der Waals surface area contributed by atoms with Crippen LogP contribution in [0.1, 0.15) is 5.76 Å². The molecule has 0 N–H and O–H groups in total. The molecule has 1 heterocycles. The number of carbonyl (C=O) groups is 1. The number of alkyl halides is 2. The van der Waals surface area contributed by atoms with E-state index in [1.807, 2.05) is 0 Å². The van der Waals surface area contributed by atoms with Crippen molar-refractivity contribution in [1.29, 1.82) is 0 Å². The molecule has 82 valence electrons. The highest BCUT2D eigenvalue weighted by Gasteiger charge is 2.38. The fraction of sp³-hybridized carbons (Fsp3) is 0.222. The number of hydrogen-bond donors (Lipinski definition) is 0. The lowest BCUT2D eigenvalue weighted by Crippen LogP contribution is -2.22. The molecule has 15 heavy (non-hydrogen) atoms. The second-order valence-electron chi connectivity index (χ2n) is 2.59. The average molecular weight is 220 g/mol. The zero-order valence-corrected chi connectivity index (χ0v) is 7.67. The van der Waals surface area contributed by atoms with Crippen molar-refractivity contribution >= 4 is 11.8 Å². The summed E-state index contributed by atoms with van der Waals surface area (Å²) < 4.78 is 46.5. The SMILES string of the molecule is COC(=CC(F)(F)C(=O)F)c1ccco1. The Bertz CT molecular complexity index is 368. The summed E-state index contributed by atoms with van der Waals surface area (Å²) in [4.78, 5) is 9.94. The van der Waals surface area contributed by atoms with Crippen LogP contribution in [-0.2, 0) is 9.53 Å². The fourth-order valence-corrected chi connectivity index (χ4v) is 0.871. The van der Waals surface area contributed by atoms with Crippen LogP contribution in [0.4, 0.5) is 13.2 Å². The second kappa shape index (κ2) is 4.20. The highest BCUT2D eigenvalue weighted by molar-refractivity contribution is 5.81. The average Bonchev–Trinajstić information content (AvgIpc) is 2.66. The summed E-state index contributed by atoms with van der Waals surface area (Å²) in [6, 6.07) is 0.0368. The van der Waals surface area contributed by atoms with Gasteiger partial charge in [-0.05, 0) is 12.1 Å². The Kier molecular flexibility index (Phi) is 3.18. The van der Waals surface area contributed by atoms with E-state index in [1.54, 1.807) is 0 Å². The monoisotopic (exact) mass is 220 g/mol. The van der Waals surface area contributed by atoms with E-state index in [2.05, 4.69) is 4.74 Å². The number of carbonyl (C=O) groups excluding carboxylic acids is 1. The van der Waals surface area contributed by atoms with E-state index in [4.69, 9.17) is 4.42 Å². The van der Waals surface area contributed by atoms with E-state index < -0.39 is 17.7 Å². The van der Waals surface area contributed by atoms with Gasteiger partial charge >= 0.3 is 12.0 Å². The van der Waals surface area contributed by atoms with E-state index in [9.17, 15) is 18.0 Å². The van der Waals surface area contributed by atoms with Crippen molar-refractivity contribution < 1.29 is 27.1 Å². The Morgan fingerprint density at radius 2 is 2.27 bits per heavy atom. The fourth-order valence-electron chi connectivity index (χ4n) is 0.871. The molecule has 0 radical (unpaired) electrons. The summed E-state index contributed by atoms with van der Waals surface area (Å²) in [6.45, 7) is 0. The lowest BCUT2D eigenvalue weighted by molar-refractivity contribution is -0.149. The number of furan rings is 1. The number of halogens is 3. The van der Waals surface area contributed by atoms with Gasteiger partial charge < -0.3 is 9.15 Å². The number of hydrogen-bond acceptors (Lipinski definition) is 3. The molecule has 0 atom stereocenters. The number of allylic oxidation sites excluding steroid dienone is 1. The van der Waals surface area contributed by atoms with Crippen molar-refractivity contribution in [3.8, 4) is 0 Å². The Morgan fingerprint density at radius 1 is 1.60 bits per heavy atom. The van der Waals surface area contributed by atoms with Crippen LogP contribution in [0.5, 0.6) is 0 Å². The molecule has 0 bridgehead atoms. The maximum absolute atomic E-state index is 12.7. The van der Waals surface area contributed by atoms with Gasteiger partial charge in [-0.15, -0.1) is 0 Å². The molecule has 0 unspecified atom stereocenters. The summed E-state index contributed by atoms with van der Waals surface area (Å²) in [6.07, 6.45) is 1.30. The molecule has 0 aliphatic rings. The van der Waals surface area contributed by atoms with Crippen LogP contribution in [0.25, 0.3) is 5.76 Å². The normalized spacial score (nSPS) is 12.7. The summed E-state index contributed by atoms with van der Waals surface area (Å²) in [5, 5.41) is 0. The van der Waals surface area contributed by atoms with Crippen molar-refractivity contribution in [3.05, 3.63) is 30.2 Å². The molecule has 6 heteroatoms. The molecule has 0 aliphatic carbocycles. The Balaban J connectivity index is 3.03. The van der Waals surface area contributed by atoms with E-state index in [0.717, 1.165) is 7.11 Å². The summed E-state index contributed by atoms with van der Waals surface area (Å²) in [7, 11) is 1.10. The van der Waals surface area contributed by atoms with Crippen LogP contribution in [0.15, 0.2) is 28.9 Å². The minimum absolute atomic E-state index is 0.0153. The van der Waals surface area contributed by atoms with Gasteiger partial charge in [0.05, 0.1) is 13.4 Å². The van der Waals surface area contributed by atoms with Gasteiger partial charge in [-0.25, -0.2) is 0 Å². The maximum atomic E-state index is 12.7. The Hall–Kier alpha value is -1.72. The largest absolute Gasteiger partial charge is 0.493 e. The van der Waals surface area contributed by atoms with Gasteiger partial charge in [0.1, 0.15) is 0 Å². The molecule has 1 aromatic rings. The smallest absolute Gasteiger partial charge is 0.374 e. The van der Waals surface area contributed by atoms with Crippen LogP contribution >= 0.6 is 0 Å². The molecule has 1 aromatic heterocycles. The first-order valence-corrected chi connectivity index (χ1v) is 3.86. The molecule has 1 rings (SSSR count). The van der Waals surface area contributed by atoms with Crippen LogP contribution in [0.2, 0.25) is 0 Å². The third-order valence-electron chi connectivity index (χ3n) is 1.56. The molecule has 0 spiro atoms. The molecule has 0 aromatic carbocycles. The van der Waals surface area contributed by atoms with Crippen molar-refractivity contribution in [3.63, 3.8) is 0 Å². The lowest BCUT2D eigenvalue weighted by Gasteiger charge is -2.07. The zero-order valence-electron chi connectivity index (χ0n) is 7.67. The summed E-state index contributed by atoms with van der Waals surface area (Å²) >= 11 is 0. The van der Waals surface area contributed by atoms with Gasteiger partial charge in [-0.2, -0.15) is 13.2 Å². The van der Waals surface area contributed by atoms with Crippen molar-refractivity contribution in [1.82, 2.24) is 0 Å². The third-order valence-corrected chi connectivity index (χ3v) is 1.56. The van der Waals surface area contributed by atoms with Gasteiger partial charge in [0.2, 0.25) is 0 Å². The number of methoxy groups -OCH3 is 1. The first kappa shape index (κ1) is 11.4. The second-order valence-corrected chi connectivity index (χ2v) is 2.59. The van der Waals surface area contributed by atoms with E-state index in [-0.39, 0.29) is 11.8 Å². The molecule has 0 amide bonds. The van der Waals surface area contributed by atoms with Crippen molar-refractivity contribution in [2.45, 2.75) is 5.92 Å². The van der Waals surface area contributed by atoms with E-state index in [1.165, 1.54) is 18.4 Å². The van der Waals surface area contributed by atoms with Gasteiger partial charge in [-0.3, -0.25) is 4.79 Å². The highest BCUT2D eigenvalue weighted by Crippen LogP contribution is 2.24. The van der Waals surface area contributed by atoms with Gasteiger partial charge in [0.25, 0.3) is 0 Å². The van der Waals surface area contributed by atoms with Crippen molar-refractivity contribution in [2.24, 2.45) is 0 Å². The van der Waals surface area contributed by atoms with Crippen LogP contribution in [0, 0.1) is 0 Å². The number of ether oxygens (including phenoxy) is 1. The predicted molar refractivity (Wildman–Crippen MR) is 44.8 cm³/mol. The zero-order chi connectivity index (χ0) is 11.5. The summed E-state index contributed by atoms with van der Waals surface area (Å²) in [5.74, 6) is -4.63. The van der Waals surface area contributed by atoms with Crippen LogP contribution in [-0.4, -0.2) is 19.1 Å². The van der Waals surface area contributed by atoms with E-state index >= 15 is 0 Å². The first-order valence-electron chi connectivity index (χ1n) is 3.86.